The minimum absolute atomic E-state index is 0.0166. The van der Waals surface area contributed by atoms with Crippen molar-refractivity contribution in [1.29, 1.82) is 0 Å². The molecule has 0 saturated carbocycles. The standard InChI is InChI=1S/C14H11F2NO3/c1-8-6-10(7-9(2)14(8)17(18)19)20-12-5-3-4-11(15)13(12)16/h3-7H,1-2H3. The van der Waals surface area contributed by atoms with Gasteiger partial charge in [0.15, 0.2) is 11.6 Å². The van der Waals surface area contributed by atoms with E-state index in [1.165, 1.54) is 24.3 Å². The molecule has 6 heteroatoms. The van der Waals surface area contributed by atoms with Crippen molar-refractivity contribution in [3.63, 3.8) is 0 Å². The maximum atomic E-state index is 13.5. The molecule has 0 fully saturated rings. The van der Waals surface area contributed by atoms with Gasteiger partial charge < -0.3 is 4.74 Å². The third kappa shape index (κ3) is 2.59. The van der Waals surface area contributed by atoms with Crippen LogP contribution in [0.25, 0.3) is 0 Å². The minimum atomic E-state index is -1.10. The lowest BCUT2D eigenvalue weighted by molar-refractivity contribution is -0.386. The van der Waals surface area contributed by atoms with Crippen molar-refractivity contribution in [2.24, 2.45) is 0 Å². The van der Waals surface area contributed by atoms with Crippen molar-refractivity contribution in [3.8, 4) is 11.5 Å². The van der Waals surface area contributed by atoms with Gasteiger partial charge in [0.2, 0.25) is 5.82 Å². The summed E-state index contributed by atoms with van der Waals surface area (Å²) in [6, 6.07) is 6.41. The Morgan fingerprint density at radius 3 is 2.30 bits per heavy atom. The molecule has 2 aromatic carbocycles. The zero-order valence-electron chi connectivity index (χ0n) is 10.8. The molecule has 0 aliphatic carbocycles. The number of hydrogen-bond donors (Lipinski definition) is 0. The van der Waals surface area contributed by atoms with Gasteiger partial charge in [0.1, 0.15) is 5.75 Å². The van der Waals surface area contributed by atoms with E-state index in [4.69, 9.17) is 4.74 Å². The summed E-state index contributed by atoms with van der Waals surface area (Å²) in [7, 11) is 0. The van der Waals surface area contributed by atoms with Crippen LogP contribution in [0.4, 0.5) is 14.5 Å². The molecule has 104 valence electrons. The fraction of sp³-hybridized carbons (Fsp3) is 0.143. The van der Waals surface area contributed by atoms with Gasteiger partial charge in [0, 0.05) is 11.1 Å². The van der Waals surface area contributed by atoms with E-state index in [0.717, 1.165) is 6.07 Å². The molecule has 0 saturated heterocycles. The number of aryl methyl sites for hydroxylation is 2. The van der Waals surface area contributed by atoms with Crippen molar-refractivity contribution in [3.05, 3.63) is 63.2 Å². The average molecular weight is 279 g/mol. The van der Waals surface area contributed by atoms with Gasteiger partial charge in [-0.15, -0.1) is 0 Å². The smallest absolute Gasteiger partial charge is 0.275 e. The second-order valence-corrected chi connectivity index (χ2v) is 4.32. The predicted octanol–water partition coefficient (Wildman–Crippen LogP) is 4.28. The van der Waals surface area contributed by atoms with Crippen LogP contribution in [-0.2, 0) is 0 Å². The number of ether oxygens (including phenoxy) is 1. The molecule has 0 unspecified atom stereocenters. The summed E-state index contributed by atoms with van der Waals surface area (Å²) < 4.78 is 31.8. The van der Waals surface area contributed by atoms with Crippen molar-refractivity contribution in [1.82, 2.24) is 0 Å². The van der Waals surface area contributed by atoms with Crippen LogP contribution in [-0.4, -0.2) is 4.92 Å². The number of hydrogen-bond acceptors (Lipinski definition) is 3. The van der Waals surface area contributed by atoms with Crippen LogP contribution in [0.2, 0.25) is 0 Å². The summed E-state index contributed by atoms with van der Waals surface area (Å²) in [6.45, 7) is 3.11. The molecular weight excluding hydrogens is 268 g/mol. The van der Waals surface area contributed by atoms with Crippen LogP contribution in [0.3, 0.4) is 0 Å². The quantitative estimate of drug-likeness (QED) is 0.622. The van der Waals surface area contributed by atoms with Crippen LogP contribution >= 0.6 is 0 Å². The Bertz CT molecular complexity index is 663. The number of benzene rings is 2. The van der Waals surface area contributed by atoms with Gasteiger partial charge >= 0.3 is 0 Å². The number of nitro benzene ring substituents is 1. The van der Waals surface area contributed by atoms with Gasteiger partial charge in [-0.1, -0.05) is 6.07 Å². The molecule has 0 atom stereocenters. The van der Waals surface area contributed by atoms with Gasteiger partial charge in [-0.25, -0.2) is 4.39 Å². The lowest BCUT2D eigenvalue weighted by Gasteiger charge is -2.09. The third-order valence-corrected chi connectivity index (χ3v) is 2.79. The molecule has 20 heavy (non-hydrogen) atoms. The summed E-state index contributed by atoms with van der Waals surface area (Å²) in [5.41, 5.74) is 0.765. The van der Waals surface area contributed by atoms with Crippen LogP contribution in [0.1, 0.15) is 11.1 Å². The molecule has 0 aromatic heterocycles. The van der Waals surface area contributed by atoms with E-state index < -0.39 is 16.6 Å². The Balaban J connectivity index is 2.40. The molecule has 0 bridgehead atoms. The summed E-state index contributed by atoms with van der Waals surface area (Å²) in [4.78, 5) is 10.4. The van der Waals surface area contributed by atoms with Gasteiger partial charge in [-0.3, -0.25) is 10.1 Å². The maximum Gasteiger partial charge on any atom is 0.275 e. The van der Waals surface area contributed by atoms with Crippen LogP contribution in [0.5, 0.6) is 11.5 Å². The Morgan fingerprint density at radius 1 is 1.15 bits per heavy atom. The zero-order chi connectivity index (χ0) is 14.9. The summed E-state index contributed by atoms with van der Waals surface area (Å²) >= 11 is 0. The van der Waals surface area contributed by atoms with Gasteiger partial charge in [0.25, 0.3) is 5.69 Å². The highest BCUT2D eigenvalue weighted by Crippen LogP contribution is 2.32. The first-order valence-electron chi connectivity index (χ1n) is 5.77. The molecule has 0 N–H and O–H groups in total. The van der Waals surface area contributed by atoms with Gasteiger partial charge in [0.05, 0.1) is 4.92 Å². The normalized spacial score (nSPS) is 10.4. The summed E-state index contributed by atoms with van der Waals surface area (Å²) in [5.74, 6) is -2.16. The Hall–Kier alpha value is -2.50. The number of nitro groups is 1. The first-order chi connectivity index (χ1) is 9.40. The molecule has 2 rings (SSSR count). The molecule has 0 spiro atoms. The Labute approximate surface area is 113 Å². The maximum absolute atomic E-state index is 13.5. The largest absolute Gasteiger partial charge is 0.454 e. The highest BCUT2D eigenvalue weighted by molar-refractivity contribution is 5.51. The fourth-order valence-corrected chi connectivity index (χ4v) is 1.95. The predicted molar refractivity (Wildman–Crippen MR) is 69.0 cm³/mol. The first kappa shape index (κ1) is 13.9. The van der Waals surface area contributed by atoms with E-state index in [9.17, 15) is 18.9 Å². The van der Waals surface area contributed by atoms with E-state index in [1.54, 1.807) is 13.8 Å². The number of nitrogens with zero attached hydrogens (tertiary/aromatic N) is 1. The molecule has 0 heterocycles. The fourth-order valence-electron chi connectivity index (χ4n) is 1.95. The SMILES string of the molecule is Cc1cc(Oc2cccc(F)c2F)cc(C)c1[N+](=O)[O-]. The zero-order valence-corrected chi connectivity index (χ0v) is 10.8. The van der Waals surface area contributed by atoms with E-state index in [0.29, 0.717) is 11.1 Å². The summed E-state index contributed by atoms with van der Waals surface area (Å²) in [5, 5.41) is 10.9. The Morgan fingerprint density at radius 2 is 1.75 bits per heavy atom. The van der Waals surface area contributed by atoms with Gasteiger partial charge in [-0.2, -0.15) is 4.39 Å². The molecule has 0 radical (unpaired) electrons. The van der Waals surface area contributed by atoms with Crippen LogP contribution < -0.4 is 4.74 Å². The van der Waals surface area contributed by atoms with Crippen LogP contribution in [0, 0.1) is 35.6 Å². The third-order valence-electron chi connectivity index (χ3n) is 2.79. The first-order valence-corrected chi connectivity index (χ1v) is 5.77. The molecular formula is C14H11F2NO3. The lowest BCUT2D eigenvalue weighted by Crippen LogP contribution is -1.97. The van der Waals surface area contributed by atoms with Crippen LogP contribution in [0.15, 0.2) is 30.3 Å². The molecule has 0 aliphatic rings. The highest BCUT2D eigenvalue weighted by Gasteiger charge is 2.17. The lowest BCUT2D eigenvalue weighted by atomic mass is 10.1. The minimum Gasteiger partial charge on any atom is -0.454 e. The second-order valence-electron chi connectivity index (χ2n) is 4.32. The van der Waals surface area contributed by atoms with Crippen molar-refractivity contribution in [2.75, 3.05) is 0 Å². The number of halogens is 2. The van der Waals surface area contributed by atoms with Crippen molar-refractivity contribution in [2.45, 2.75) is 13.8 Å². The molecule has 0 aliphatic heterocycles. The molecule has 4 nitrogen and oxygen atoms in total. The second kappa shape index (κ2) is 5.24. The Kier molecular flexibility index (Phi) is 3.65. The number of rotatable bonds is 3. The highest BCUT2D eigenvalue weighted by atomic mass is 19.2. The van der Waals surface area contributed by atoms with E-state index in [1.807, 2.05) is 0 Å². The molecule has 2 aromatic rings. The molecule has 0 amide bonds. The average Bonchev–Trinajstić information content (AvgIpc) is 2.33. The van der Waals surface area contributed by atoms with Crippen molar-refractivity contribution < 1.29 is 18.4 Å². The topological polar surface area (TPSA) is 52.4 Å². The van der Waals surface area contributed by atoms with Gasteiger partial charge in [-0.05, 0) is 38.1 Å². The van der Waals surface area contributed by atoms with E-state index >= 15 is 0 Å². The van der Waals surface area contributed by atoms with Crippen molar-refractivity contribution >= 4 is 5.69 Å². The van der Waals surface area contributed by atoms with E-state index in [-0.39, 0.29) is 17.2 Å². The van der Waals surface area contributed by atoms with E-state index in [2.05, 4.69) is 0 Å². The summed E-state index contributed by atoms with van der Waals surface area (Å²) in [6.07, 6.45) is 0. The monoisotopic (exact) mass is 279 g/mol.